The van der Waals surface area contributed by atoms with Crippen LogP contribution in [-0.4, -0.2) is 19.0 Å². The van der Waals surface area contributed by atoms with Crippen molar-refractivity contribution in [2.75, 3.05) is 18.2 Å². The molecule has 2 aromatic rings. The third-order valence-corrected chi connectivity index (χ3v) is 4.82. The minimum atomic E-state index is -0.477. The van der Waals surface area contributed by atoms with Crippen LogP contribution in [0.3, 0.4) is 0 Å². The number of benzene rings is 1. The zero-order valence-corrected chi connectivity index (χ0v) is 13.8. The standard InChI is InChI=1S/C14H13BrN2O3S/c1-7-6-21-12(14(19)20-2)11(7)17-13(18)8-4-3-5-9(16)10(8)15/h3-6H,16H2,1-2H3,(H,17,18). The molecule has 0 bridgehead atoms. The highest BCUT2D eigenvalue weighted by Gasteiger charge is 2.20. The summed E-state index contributed by atoms with van der Waals surface area (Å²) in [6, 6.07) is 5.03. The Hall–Kier alpha value is -1.86. The summed E-state index contributed by atoms with van der Waals surface area (Å²) in [5.74, 6) is -0.823. The summed E-state index contributed by atoms with van der Waals surface area (Å²) >= 11 is 4.52. The van der Waals surface area contributed by atoms with Crippen molar-refractivity contribution in [2.45, 2.75) is 6.92 Å². The first-order chi connectivity index (χ1) is 9.95. The molecule has 0 saturated heterocycles. The third-order valence-electron chi connectivity index (χ3n) is 2.86. The number of esters is 1. The molecule has 1 aromatic carbocycles. The molecular formula is C14H13BrN2O3S. The topological polar surface area (TPSA) is 81.4 Å². The molecule has 21 heavy (non-hydrogen) atoms. The molecule has 1 heterocycles. The maximum Gasteiger partial charge on any atom is 0.350 e. The van der Waals surface area contributed by atoms with E-state index in [1.165, 1.54) is 18.4 Å². The number of carbonyl (C=O) groups is 2. The van der Waals surface area contributed by atoms with E-state index < -0.39 is 5.97 Å². The molecule has 3 N–H and O–H groups in total. The van der Waals surface area contributed by atoms with Crippen molar-refractivity contribution in [1.29, 1.82) is 0 Å². The van der Waals surface area contributed by atoms with Crippen molar-refractivity contribution in [1.82, 2.24) is 0 Å². The van der Waals surface area contributed by atoms with Gasteiger partial charge in [-0.25, -0.2) is 4.79 Å². The van der Waals surface area contributed by atoms with Crippen LogP contribution in [0.25, 0.3) is 0 Å². The minimum absolute atomic E-state index is 0.346. The molecular weight excluding hydrogens is 356 g/mol. The second-order valence-corrected chi connectivity index (χ2v) is 5.95. The highest BCUT2D eigenvalue weighted by molar-refractivity contribution is 9.10. The van der Waals surface area contributed by atoms with Crippen molar-refractivity contribution in [3.05, 3.63) is 44.1 Å². The van der Waals surface area contributed by atoms with E-state index in [-0.39, 0.29) is 5.91 Å². The average molecular weight is 369 g/mol. The molecule has 1 amide bonds. The van der Waals surface area contributed by atoms with E-state index in [9.17, 15) is 9.59 Å². The summed E-state index contributed by atoms with van der Waals surface area (Å²) < 4.78 is 5.23. The van der Waals surface area contributed by atoms with Crippen LogP contribution < -0.4 is 11.1 Å². The van der Waals surface area contributed by atoms with Crippen LogP contribution in [0.4, 0.5) is 11.4 Å². The van der Waals surface area contributed by atoms with E-state index in [4.69, 9.17) is 10.5 Å². The number of anilines is 2. The van der Waals surface area contributed by atoms with Gasteiger partial charge in [0.05, 0.1) is 22.8 Å². The lowest BCUT2D eigenvalue weighted by Gasteiger charge is -2.09. The number of ether oxygens (including phenoxy) is 1. The predicted molar refractivity (Wildman–Crippen MR) is 86.9 cm³/mol. The lowest BCUT2D eigenvalue weighted by atomic mass is 10.1. The molecule has 0 aliphatic rings. The Morgan fingerprint density at radius 1 is 1.38 bits per heavy atom. The van der Waals surface area contributed by atoms with Crippen LogP contribution in [0.15, 0.2) is 28.1 Å². The SMILES string of the molecule is COC(=O)c1scc(C)c1NC(=O)c1cccc(N)c1Br. The number of nitrogens with two attached hydrogens (primary N) is 1. The number of carbonyl (C=O) groups excluding carboxylic acids is 2. The van der Waals surface area contributed by atoms with Gasteiger partial charge in [0.2, 0.25) is 0 Å². The number of amides is 1. The van der Waals surface area contributed by atoms with Crippen LogP contribution >= 0.6 is 27.3 Å². The minimum Gasteiger partial charge on any atom is -0.465 e. The van der Waals surface area contributed by atoms with Crippen molar-refractivity contribution in [3.8, 4) is 0 Å². The summed E-state index contributed by atoms with van der Waals surface area (Å²) in [7, 11) is 1.30. The Labute approximate surface area is 134 Å². The van der Waals surface area contributed by atoms with Crippen molar-refractivity contribution in [3.63, 3.8) is 0 Å². The largest absolute Gasteiger partial charge is 0.465 e. The van der Waals surface area contributed by atoms with Gasteiger partial charge in [0.25, 0.3) is 5.91 Å². The van der Waals surface area contributed by atoms with Crippen LogP contribution in [-0.2, 0) is 4.74 Å². The second-order valence-electron chi connectivity index (χ2n) is 4.28. The third kappa shape index (κ3) is 3.08. The summed E-state index contributed by atoms with van der Waals surface area (Å²) in [5.41, 5.74) is 7.90. The monoisotopic (exact) mass is 368 g/mol. The molecule has 0 radical (unpaired) electrons. The number of hydrogen-bond acceptors (Lipinski definition) is 5. The molecule has 0 unspecified atom stereocenters. The first-order valence-electron chi connectivity index (χ1n) is 5.97. The summed E-state index contributed by atoms with van der Waals surface area (Å²) in [4.78, 5) is 24.4. The van der Waals surface area contributed by atoms with Gasteiger partial charge in [0.1, 0.15) is 4.88 Å². The van der Waals surface area contributed by atoms with Gasteiger partial charge in [-0.05, 0) is 45.9 Å². The van der Waals surface area contributed by atoms with E-state index >= 15 is 0 Å². The fourth-order valence-electron chi connectivity index (χ4n) is 1.75. The quantitative estimate of drug-likeness (QED) is 0.642. The fourth-order valence-corrected chi connectivity index (χ4v) is 3.11. The number of halogens is 1. The van der Waals surface area contributed by atoms with Gasteiger partial charge in [-0.2, -0.15) is 0 Å². The number of rotatable bonds is 3. The second kappa shape index (κ2) is 6.28. The first kappa shape index (κ1) is 15.5. The van der Waals surface area contributed by atoms with Gasteiger partial charge >= 0.3 is 5.97 Å². The molecule has 0 atom stereocenters. The zero-order valence-electron chi connectivity index (χ0n) is 11.4. The summed E-state index contributed by atoms with van der Waals surface area (Å²) in [5, 5.41) is 4.53. The highest BCUT2D eigenvalue weighted by atomic mass is 79.9. The average Bonchev–Trinajstić information content (AvgIpc) is 2.82. The van der Waals surface area contributed by atoms with Crippen LogP contribution in [0.5, 0.6) is 0 Å². The number of nitrogen functional groups attached to an aromatic ring is 1. The number of nitrogens with one attached hydrogen (secondary N) is 1. The Bertz CT molecular complexity index is 712. The molecule has 1 aromatic heterocycles. The maximum atomic E-state index is 12.4. The molecule has 0 fully saturated rings. The summed E-state index contributed by atoms with van der Waals surface area (Å²) in [6.45, 7) is 1.81. The van der Waals surface area contributed by atoms with Gasteiger partial charge in [-0.3, -0.25) is 4.79 Å². The van der Waals surface area contributed by atoms with Gasteiger partial charge in [-0.1, -0.05) is 6.07 Å². The number of aryl methyl sites for hydroxylation is 1. The van der Waals surface area contributed by atoms with Gasteiger partial charge < -0.3 is 15.8 Å². The highest BCUT2D eigenvalue weighted by Crippen LogP contribution is 2.30. The Morgan fingerprint density at radius 3 is 2.76 bits per heavy atom. The maximum absolute atomic E-state index is 12.4. The molecule has 0 aliphatic heterocycles. The van der Waals surface area contributed by atoms with Gasteiger partial charge in [-0.15, -0.1) is 11.3 Å². The Balaban J connectivity index is 2.34. The lowest BCUT2D eigenvalue weighted by molar-refractivity contribution is 0.0607. The number of hydrogen-bond donors (Lipinski definition) is 2. The molecule has 0 spiro atoms. The summed E-state index contributed by atoms with van der Waals surface area (Å²) in [6.07, 6.45) is 0. The van der Waals surface area contributed by atoms with E-state index in [1.54, 1.807) is 23.6 Å². The molecule has 2 rings (SSSR count). The molecule has 5 nitrogen and oxygen atoms in total. The lowest BCUT2D eigenvalue weighted by Crippen LogP contribution is -2.15. The van der Waals surface area contributed by atoms with Crippen molar-refractivity contribution in [2.24, 2.45) is 0 Å². The Morgan fingerprint density at radius 2 is 2.10 bits per heavy atom. The zero-order chi connectivity index (χ0) is 15.6. The van der Waals surface area contributed by atoms with Crippen molar-refractivity contribution < 1.29 is 14.3 Å². The van der Waals surface area contributed by atoms with Crippen LogP contribution in [0, 0.1) is 6.92 Å². The van der Waals surface area contributed by atoms with E-state index in [2.05, 4.69) is 21.2 Å². The molecule has 110 valence electrons. The van der Waals surface area contributed by atoms with E-state index in [0.717, 1.165) is 5.56 Å². The van der Waals surface area contributed by atoms with Gasteiger partial charge in [0, 0.05) is 5.69 Å². The molecule has 7 heteroatoms. The van der Waals surface area contributed by atoms with Crippen molar-refractivity contribution >= 4 is 50.5 Å². The Kier molecular flexibility index (Phi) is 4.64. The van der Waals surface area contributed by atoms with Gasteiger partial charge in [0.15, 0.2) is 0 Å². The van der Waals surface area contributed by atoms with Crippen LogP contribution in [0.2, 0.25) is 0 Å². The van der Waals surface area contributed by atoms with E-state index in [1.807, 2.05) is 6.92 Å². The predicted octanol–water partition coefficient (Wildman–Crippen LogP) is 3.44. The fraction of sp³-hybridized carbons (Fsp3) is 0.143. The molecule has 0 aliphatic carbocycles. The molecule has 0 saturated carbocycles. The number of thiophene rings is 1. The normalized spacial score (nSPS) is 10.2. The number of methoxy groups -OCH3 is 1. The van der Waals surface area contributed by atoms with E-state index in [0.29, 0.717) is 26.3 Å². The first-order valence-corrected chi connectivity index (χ1v) is 7.64. The van der Waals surface area contributed by atoms with Crippen LogP contribution in [0.1, 0.15) is 25.6 Å². The smallest absolute Gasteiger partial charge is 0.350 e.